The first-order valence-corrected chi connectivity index (χ1v) is 5.95. The summed E-state index contributed by atoms with van der Waals surface area (Å²) < 4.78 is 5.06. The fourth-order valence-corrected chi connectivity index (χ4v) is 2.18. The molecule has 1 aliphatic carbocycles. The van der Waals surface area contributed by atoms with Crippen LogP contribution >= 0.6 is 0 Å². The van der Waals surface area contributed by atoms with Gasteiger partial charge in [0.1, 0.15) is 0 Å². The van der Waals surface area contributed by atoms with Crippen molar-refractivity contribution in [2.45, 2.75) is 44.7 Å². The molecule has 0 amide bonds. The molecule has 0 aromatic carbocycles. The first-order valence-electron chi connectivity index (χ1n) is 5.95. The van der Waals surface area contributed by atoms with E-state index in [1.165, 1.54) is 25.7 Å². The summed E-state index contributed by atoms with van der Waals surface area (Å²) in [5, 5.41) is 0. The number of hydrazine groups is 1. The van der Waals surface area contributed by atoms with Crippen molar-refractivity contribution in [1.82, 2.24) is 10.3 Å². The number of guanidine groups is 1. The molecule has 0 heterocycles. The lowest BCUT2D eigenvalue weighted by atomic mass is 10.2. The molecule has 5 nitrogen and oxygen atoms in total. The number of methoxy groups -OCH3 is 1. The highest BCUT2D eigenvalue weighted by molar-refractivity contribution is 5.79. The Balaban J connectivity index is 2.57. The zero-order valence-electron chi connectivity index (χ0n) is 10.6. The van der Waals surface area contributed by atoms with E-state index in [1.807, 2.05) is 14.0 Å². The molecular formula is C11H24N4O. The summed E-state index contributed by atoms with van der Waals surface area (Å²) in [4.78, 5) is 6.66. The van der Waals surface area contributed by atoms with E-state index in [1.54, 1.807) is 7.11 Å². The van der Waals surface area contributed by atoms with E-state index in [2.05, 4.69) is 15.3 Å². The Morgan fingerprint density at radius 2 is 2.19 bits per heavy atom. The molecule has 0 bridgehead atoms. The minimum Gasteiger partial charge on any atom is -0.382 e. The van der Waals surface area contributed by atoms with Crippen LogP contribution in [0, 0.1) is 0 Å². The molecule has 5 heteroatoms. The summed E-state index contributed by atoms with van der Waals surface area (Å²) >= 11 is 0. The number of nitrogens with one attached hydrogen (secondary N) is 1. The van der Waals surface area contributed by atoms with Crippen molar-refractivity contribution in [3.05, 3.63) is 0 Å². The summed E-state index contributed by atoms with van der Waals surface area (Å²) in [5.74, 6) is 6.28. The first-order chi connectivity index (χ1) is 7.69. The van der Waals surface area contributed by atoms with Gasteiger partial charge in [-0.15, -0.1) is 0 Å². The summed E-state index contributed by atoms with van der Waals surface area (Å²) in [5.41, 5.74) is 2.69. The van der Waals surface area contributed by atoms with Gasteiger partial charge in [-0.25, -0.2) is 10.8 Å². The van der Waals surface area contributed by atoms with Crippen LogP contribution in [0.2, 0.25) is 0 Å². The van der Waals surface area contributed by atoms with E-state index in [0.29, 0.717) is 12.6 Å². The Bertz CT molecular complexity index is 226. The number of ether oxygens (including phenoxy) is 1. The average molecular weight is 228 g/mol. The second-order valence-corrected chi connectivity index (χ2v) is 4.45. The Hall–Kier alpha value is -0.810. The van der Waals surface area contributed by atoms with Gasteiger partial charge in [0.05, 0.1) is 12.6 Å². The lowest BCUT2D eigenvalue weighted by Crippen LogP contribution is -2.47. The van der Waals surface area contributed by atoms with Gasteiger partial charge in [0.15, 0.2) is 0 Å². The van der Waals surface area contributed by atoms with Gasteiger partial charge in [-0.3, -0.25) is 5.43 Å². The maximum absolute atomic E-state index is 5.52. The van der Waals surface area contributed by atoms with Gasteiger partial charge in [-0.1, -0.05) is 12.8 Å². The molecule has 1 aliphatic rings. The maximum atomic E-state index is 5.52. The van der Waals surface area contributed by atoms with Crippen molar-refractivity contribution in [2.75, 3.05) is 20.8 Å². The average Bonchev–Trinajstić information content (AvgIpc) is 2.78. The molecule has 0 radical (unpaired) electrons. The van der Waals surface area contributed by atoms with Gasteiger partial charge in [0.25, 0.3) is 0 Å². The Morgan fingerprint density at radius 3 is 2.69 bits per heavy atom. The molecule has 3 N–H and O–H groups in total. The van der Waals surface area contributed by atoms with E-state index in [0.717, 1.165) is 5.96 Å². The normalized spacial score (nSPS) is 19.9. The van der Waals surface area contributed by atoms with Crippen molar-refractivity contribution in [1.29, 1.82) is 0 Å². The minimum absolute atomic E-state index is 0.125. The van der Waals surface area contributed by atoms with Crippen LogP contribution in [0.15, 0.2) is 4.99 Å². The van der Waals surface area contributed by atoms with Gasteiger partial charge in [0.2, 0.25) is 5.96 Å². The lowest BCUT2D eigenvalue weighted by molar-refractivity contribution is 0.185. The van der Waals surface area contributed by atoms with Crippen LogP contribution in [-0.4, -0.2) is 43.7 Å². The monoisotopic (exact) mass is 228 g/mol. The quantitative estimate of drug-likeness (QED) is 0.322. The predicted octanol–water partition coefficient (Wildman–Crippen LogP) is 0.715. The molecule has 94 valence electrons. The molecule has 1 atom stereocenters. The molecule has 1 saturated carbocycles. The molecule has 16 heavy (non-hydrogen) atoms. The lowest BCUT2D eigenvalue weighted by Gasteiger charge is -2.27. The zero-order chi connectivity index (χ0) is 12.0. The summed E-state index contributed by atoms with van der Waals surface area (Å²) in [6, 6.07) is 0.699. The molecule has 0 aliphatic heterocycles. The number of hydrogen-bond donors (Lipinski definition) is 2. The van der Waals surface area contributed by atoms with Crippen molar-refractivity contribution < 1.29 is 4.74 Å². The topological polar surface area (TPSA) is 62.9 Å². The van der Waals surface area contributed by atoms with Gasteiger partial charge >= 0.3 is 0 Å². The first kappa shape index (κ1) is 13.3. The van der Waals surface area contributed by atoms with Gasteiger partial charge in [0, 0.05) is 20.2 Å². The standard InChI is InChI=1S/C11H24N4O/c1-9(8-16-3)13-11(14-12)15(2)10-6-4-5-7-10/h9-10H,4-8,12H2,1-3H3,(H,13,14). The van der Waals surface area contributed by atoms with Crippen LogP contribution in [-0.2, 0) is 4.74 Å². The van der Waals surface area contributed by atoms with E-state index >= 15 is 0 Å². The SMILES string of the molecule is COCC(C)N=C(NN)N(C)C1CCCC1. The smallest absolute Gasteiger partial charge is 0.208 e. The van der Waals surface area contributed by atoms with Crippen LogP contribution in [0.5, 0.6) is 0 Å². The summed E-state index contributed by atoms with van der Waals surface area (Å²) in [7, 11) is 3.73. The number of nitrogens with zero attached hydrogens (tertiary/aromatic N) is 2. The minimum atomic E-state index is 0.125. The Labute approximate surface area is 98.0 Å². The number of hydrogen-bond acceptors (Lipinski definition) is 3. The highest BCUT2D eigenvalue weighted by atomic mass is 16.5. The van der Waals surface area contributed by atoms with Gasteiger partial charge < -0.3 is 9.64 Å². The second kappa shape index (κ2) is 6.70. The number of aliphatic imine (C=N–C) groups is 1. The Morgan fingerprint density at radius 1 is 1.56 bits per heavy atom. The van der Waals surface area contributed by atoms with E-state index < -0.39 is 0 Å². The zero-order valence-corrected chi connectivity index (χ0v) is 10.6. The molecule has 0 saturated heterocycles. The van der Waals surface area contributed by atoms with E-state index in [4.69, 9.17) is 10.6 Å². The summed E-state index contributed by atoms with van der Waals surface area (Å²) in [6.07, 6.45) is 5.08. The Kier molecular flexibility index (Phi) is 5.55. The highest BCUT2D eigenvalue weighted by Gasteiger charge is 2.22. The molecule has 1 unspecified atom stereocenters. The van der Waals surface area contributed by atoms with Crippen molar-refractivity contribution >= 4 is 5.96 Å². The van der Waals surface area contributed by atoms with Crippen LogP contribution in [0.3, 0.4) is 0 Å². The molecular weight excluding hydrogens is 204 g/mol. The fourth-order valence-electron chi connectivity index (χ4n) is 2.18. The molecule has 0 aromatic rings. The highest BCUT2D eigenvalue weighted by Crippen LogP contribution is 2.22. The molecule has 1 rings (SSSR count). The molecule has 1 fully saturated rings. The van der Waals surface area contributed by atoms with E-state index in [-0.39, 0.29) is 6.04 Å². The second-order valence-electron chi connectivity index (χ2n) is 4.45. The van der Waals surface area contributed by atoms with Crippen LogP contribution in [0.25, 0.3) is 0 Å². The maximum Gasteiger partial charge on any atom is 0.208 e. The number of rotatable bonds is 4. The fraction of sp³-hybridized carbons (Fsp3) is 0.909. The van der Waals surface area contributed by atoms with E-state index in [9.17, 15) is 0 Å². The third-order valence-electron chi connectivity index (χ3n) is 3.09. The third-order valence-corrected chi connectivity index (χ3v) is 3.09. The third kappa shape index (κ3) is 3.64. The van der Waals surface area contributed by atoms with Crippen LogP contribution in [0.4, 0.5) is 0 Å². The predicted molar refractivity (Wildman–Crippen MR) is 66.1 cm³/mol. The van der Waals surface area contributed by atoms with Crippen molar-refractivity contribution in [3.8, 4) is 0 Å². The van der Waals surface area contributed by atoms with Gasteiger partial charge in [-0.05, 0) is 19.8 Å². The molecule has 0 aromatic heterocycles. The number of nitrogens with two attached hydrogens (primary N) is 1. The van der Waals surface area contributed by atoms with Crippen LogP contribution in [0.1, 0.15) is 32.6 Å². The molecule has 0 spiro atoms. The van der Waals surface area contributed by atoms with Gasteiger partial charge in [-0.2, -0.15) is 0 Å². The largest absolute Gasteiger partial charge is 0.382 e. The van der Waals surface area contributed by atoms with Crippen molar-refractivity contribution in [3.63, 3.8) is 0 Å². The summed E-state index contributed by atoms with van der Waals surface area (Å²) in [6.45, 7) is 2.63. The van der Waals surface area contributed by atoms with Crippen LogP contribution < -0.4 is 11.3 Å². The van der Waals surface area contributed by atoms with Crippen molar-refractivity contribution in [2.24, 2.45) is 10.8 Å².